The van der Waals surface area contributed by atoms with E-state index in [0.29, 0.717) is 5.92 Å². The van der Waals surface area contributed by atoms with Crippen LogP contribution in [0.2, 0.25) is 0 Å². The van der Waals surface area contributed by atoms with Crippen LogP contribution >= 0.6 is 11.3 Å². The number of rotatable bonds is 3. The van der Waals surface area contributed by atoms with Crippen molar-refractivity contribution in [3.05, 3.63) is 27.1 Å². The first-order valence-electron chi connectivity index (χ1n) is 8.92. The van der Waals surface area contributed by atoms with Gasteiger partial charge in [0.05, 0.1) is 11.7 Å². The number of carbonyl (C=O) groups excluding carboxylic acids is 1. The van der Waals surface area contributed by atoms with Crippen molar-refractivity contribution in [1.82, 2.24) is 14.9 Å². The Bertz CT molecular complexity index is 839. The van der Waals surface area contributed by atoms with Gasteiger partial charge >= 0.3 is 0 Å². The molecule has 1 N–H and O–H groups in total. The van der Waals surface area contributed by atoms with E-state index in [1.807, 2.05) is 0 Å². The molecule has 4 rings (SSSR count). The zero-order valence-electron chi connectivity index (χ0n) is 14.0. The van der Waals surface area contributed by atoms with Crippen molar-refractivity contribution < 1.29 is 4.79 Å². The Hall–Kier alpha value is -1.69. The predicted octanol–water partition coefficient (Wildman–Crippen LogP) is 2.64. The van der Waals surface area contributed by atoms with Crippen molar-refractivity contribution in [3.8, 4) is 0 Å². The molecule has 5 nitrogen and oxygen atoms in total. The SMILES string of the molecule is C[C@H]1CCCC[C@@H]1NC(=O)Cn1cnc2sc3c(c2c1=O)CCC3. The molecular weight excluding hydrogens is 322 g/mol. The molecule has 128 valence electrons. The third kappa shape index (κ3) is 2.77. The van der Waals surface area contributed by atoms with E-state index in [0.717, 1.165) is 35.9 Å². The third-order valence-corrected chi connectivity index (χ3v) is 6.66. The molecule has 6 heteroatoms. The molecule has 0 saturated heterocycles. The molecule has 2 aromatic rings. The molecule has 0 spiro atoms. The summed E-state index contributed by atoms with van der Waals surface area (Å²) in [7, 11) is 0. The zero-order chi connectivity index (χ0) is 16.7. The molecule has 2 aliphatic carbocycles. The lowest BCUT2D eigenvalue weighted by Gasteiger charge is -2.29. The second-order valence-corrected chi connectivity index (χ2v) is 8.23. The Labute approximate surface area is 145 Å². The van der Waals surface area contributed by atoms with Crippen LogP contribution in [0.3, 0.4) is 0 Å². The largest absolute Gasteiger partial charge is 0.352 e. The molecule has 2 atom stereocenters. The van der Waals surface area contributed by atoms with E-state index >= 15 is 0 Å². The Balaban J connectivity index is 1.55. The topological polar surface area (TPSA) is 64.0 Å². The molecule has 2 aromatic heterocycles. The Kier molecular flexibility index (Phi) is 4.16. The summed E-state index contributed by atoms with van der Waals surface area (Å²) in [5, 5.41) is 3.86. The van der Waals surface area contributed by atoms with Crippen LogP contribution in [0, 0.1) is 5.92 Å². The lowest BCUT2D eigenvalue weighted by molar-refractivity contribution is -0.123. The van der Waals surface area contributed by atoms with Gasteiger partial charge in [0.2, 0.25) is 5.91 Å². The third-order valence-electron chi connectivity index (χ3n) is 5.46. The number of aryl methyl sites for hydroxylation is 2. The Morgan fingerprint density at radius 1 is 1.33 bits per heavy atom. The van der Waals surface area contributed by atoms with Crippen LogP contribution in [0.5, 0.6) is 0 Å². The van der Waals surface area contributed by atoms with Crippen LogP contribution in [-0.4, -0.2) is 21.5 Å². The predicted molar refractivity (Wildman–Crippen MR) is 95.5 cm³/mol. The van der Waals surface area contributed by atoms with Crippen molar-refractivity contribution in [2.24, 2.45) is 5.92 Å². The van der Waals surface area contributed by atoms with Crippen LogP contribution < -0.4 is 10.9 Å². The van der Waals surface area contributed by atoms with E-state index in [2.05, 4.69) is 17.2 Å². The highest BCUT2D eigenvalue weighted by Crippen LogP contribution is 2.34. The van der Waals surface area contributed by atoms with Gasteiger partial charge in [0.1, 0.15) is 11.4 Å². The van der Waals surface area contributed by atoms with Gasteiger partial charge in [-0.05, 0) is 43.6 Å². The first kappa shape index (κ1) is 15.8. The average Bonchev–Trinajstić information content (AvgIpc) is 3.13. The van der Waals surface area contributed by atoms with Crippen LogP contribution in [0.25, 0.3) is 10.2 Å². The highest BCUT2D eigenvalue weighted by Gasteiger charge is 2.24. The monoisotopic (exact) mass is 345 g/mol. The maximum atomic E-state index is 12.8. The highest BCUT2D eigenvalue weighted by molar-refractivity contribution is 7.18. The number of hydrogen-bond donors (Lipinski definition) is 1. The van der Waals surface area contributed by atoms with E-state index < -0.39 is 0 Å². The summed E-state index contributed by atoms with van der Waals surface area (Å²) in [6.07, 6.45) is 9.28. The number of nitrogens with one attached hydrogen (secondary N) is 1. The summed E-state index contributed by atoms with van der Waals surface area (Å²) in [6, 6.07) is 0.240. The van der Waals surface area contributed by atoms with Crippen molar-refractivity contribution in [2.75, 3.05) is 0 Å². The summed E-state index contributed by atoms with van der Waals surface area (Å²) < 4.78 is 1.47. The summed E-state index contributed by atoms with van der Waals surface area (Å²) in [5.41, 5.74) is 1.11. The highest BCUT2D eigenvalue weighted by atomic mass is 32.1. The van der Waals surface area contributed by atoms with Gasteiger partial charge in [0, 0.05) is 10.9 Å². The first-order valence-corrected chi connectivity index (χ1v) is 9.74. The van der Waals surface area contributed by atoms with Gasteiger partial charge < -0.3 is 5.32 Å². The van der Waals surface area contributed by atoms with E-state index in [1.165, 1.54) is 40.6 Å². The van der Waals surface area contributed by atoms with Gasteiger partial charge in [0.25, 0.3) is 5.56 Å². The van der Waals surface area contributed by atoms with Crippen LogP contribution in [0.4, 0.5) is 0 Å². The van der Waals surface area contributed by atoms with Gasteiger partial charge in [-0.15, -0.1) is 11.3 Å². The van der Waals surface area contributed by atoms with Crippen molar-refractivity contribution in [2.45, 2.75) is 64.5 Å². The van der Waals surface area contributed by atoms with Gasteiger partial charge in [-0.2, -0.15) is 0 Å². The molecule has 0 aliphatic heterocycles. The van der Waals surface area contributed by atoms with E-state index in [1.54, 1.807) is 11.3 Å². The van der Waals surface area contributed by atoms with Crippen molar-refractivity contribution in [1.29, 1.82) is 0 Å². The minimum atomic E-state index is -0.0797. The normalized spacial score (nSPS) is 23.4. The molecule has 2 aliphatic rings. The molecular formula is C18H23N3O2S. The fourth-order valence-electron chi connectivity index (χ4n) is 4.07. The summed E-state index contributed by atoms with van der Waals surface area (Å²) in [5.74, 6) is 0.434. The minimum absolute atomic E-state index is 0.0637. The maximum absolute atomic E-state index is 12.8. The lowest BCUT2D eigenvalue weighted by atomic mass is 9.86. The number of fused-ring (bicyclic) bond motifs is 3. The fourth-order valence-corrected chi connectivity index (χ4v) is 5.29. The molecule has 0 bridgehead atoms. The van der Waals surface area contributed by atoms with Crippen LogP contribution in [0.1, 0.15) is 49.5 Å². The zero-order valence-corrected chi connectivity index (χ0v) is 14.8. The fraction of sp³-hybridized carbons (Fsp3) is 0.611. The number of aromatic nitrogens is 2. The lowest BCUT2D eigenvalue weighted by Crippen LogP contribution is -2.43. The number of thiophene rings is 1. The van der Waals surface area contributed by atoms with Crippen LogP contribution in [-0.2, 0) is 24.2 Å². The Morgan fingerprint density at radius 2 is 2.17 bits per heavy atom. The summed E-state index contributed by atoms with van der Waals surface area (Å²) in [6.45, 7) is 2.26. The first-order chi connectivity index (χ1) is 11.6. The second-order valence-electron chi connectivity index (χ2n) is 7.15. The molecule has 1 saturated carbocycles. The number of nitrogens with zero attached hydrogens (tertiary/aromatic N) is 2. The van der Waals surface area contributed by atoms with Gasteiger partial charge in [0.15, 0.2) is 0 Å². The molecule has 24 heavy (non-hydrogen) atoms. The van der Waals surface area contributed by atoms with E-state index in [-0.39, 0.29) is 24.1 Å². The summed E-state index contributed by atoms with van der Waals surface area (Å²) >= 11 is 1.63. The molecule has 2 heterocycles. The van der Waals surface area contributed by atoms with E-state index in [4.69, 9.17) is 0 Å². The van der Waals surface area contributed by atoms with Crippen molar-refractivity contribution in [3.63, 3.8) is 0 Å². The number of hydrogen-bond acceptors (Lipinski definition) is 4. The van der Waals surface area contributed by atoms with E-state index in [9.17, 15) is 9.59 Å². The van der Waals surface area contributed by atoms with Gasteiger partial charge in [-0.25, -0.2) is 4.98 Å². The van der Waals surface area contributed by atoms with Crippen LogP contribution in [0.15, 0.2) is 11.1 Å². The molecule has 1 amide bonds. The standard InChI is InChI=1S/C18H23N3O2S/c1-11-5-2-3-7-13(11)20-15(22)9-21-10-19-17-16(18(21)23)12-6-4-8-14(12)24-17/h10-11,13H,2-9H2,1H3,(H,20,22)/t11-,13-/m0/s1. The smallest absolute Gasteiger partial charge is 0.262 e. The van der Waals surface area contributed by atoms with Gasteiger partial charge in [-0.3, -0.25) is 14.2 Å². The van der Waals surface area contributed by atoms with Crippen molar-refractivity contribution >= 4 is 27.5 Å². The molecule has 1 fully saturated rings. The summed E-state index contributed by atoms with van der Waals surface area (Å²) in [4.78, 5) is 31.7. The minimum Gasteiger partial charge on any atom is -0.352 e. The molecule has 0 aromatic carbocycles. The number of carbonyl (C=O) groups is 1. The average molecular weight is 345 g/mol. The number of amides is 1. The molecule has 0 radical (unpaired) electrons. The molecule has 0 unspecified atom stereocenters. The second kappa shape index (κ2) is 6.31. The quantitative estimate of drug-likeness (QED) is 0.930. The van der Waals surface area contributed by atoms with Gasteiger partial charge in [-0.1, -0.05) is 19.8 Å². The maximum Gasteiger partial charge on any atom is 0.262 e. The Morgan fingerprint density at radius 3 is 3.00 bits per heavy atom.